The predicted molar refractivity (Wildman–Crippen MR) is 124 cm³/mol. The van der Waals surface area contributed by atoms with Gasteiger partial charge in [0, 0.05) is 10.6 Å². The summed E-state index contributed by atoms with van der Waals surface area (Å²) in [5, 5.41) is 19.5. The van der Waals surface area contributed by atoms with Crippen molar-refractivity contribution in [1.82, 2.24) is 15.2 Å². The summed E-state index contributed by atoms with van der Waals surface area (Å²) in [5.74, 6) is -2.38. The maximum atomic E-state index is 13.0. The lowest BCUT2D eigenvalue weighted by atomic mass is 10.0. The summed E-state index contributed by atoms with van der Waals surface area (Å²) < 4.78 is 0. The third-order valence-corrected chi connectivity index (χ3v) is 7.05. The summed E-state index contributed by atoms with van der Waals surface area (Å²) >= 11 is 2.48. The molecule has 1 saturated heterocycles. The van der Waals surface area contributed by atoms with Crippen molar-refractivity contribution >= 4 is 58.1 Å². The molecule has 0 aliphatic carbocycles. The van der Waals surface area contributed by atoms with E-state index in [-0.39, 0.29) is 27.5 Å². The average Bonchev–Trinajstić information content (AvgIpc) is 3.24. The number of carbonyl (C=O) groups excluding carboxylic acids is 3. The number of carboxylic acids is 1. The van der Waals surface area contributed by atoms with Crippen LogP contribution >= 0.6 is 23.1 Å². The molecule has 1 fully saturated rings. The average molecular weight is 496 g/mol. The predicted octanol–water partition coefficient (Wildman–Crippen LogP) is 1.77. The molecule has 2 aliphatic rings. The van der Waals surface area contributed by atoms with Crippen LogP contribution in [0.15, 0.2) is 22.3 Å². The highest BCUT2D eigenvalue weighted by Crippen LogP contribution is 2.40. The highest BCUT2D eigenvalue weighted by atomic mass is 32.2. The number of carboxylic acid groups (broad SMARTS) is 1. The van der Waals surface area contributed by atoms with Crippen molar-refractivity contribution < 1.29 is 29.1 Å². The Hall–Kier alpha value is -2.93. The third kappa shape index (κ3) is 5.71. The normalized spacial score (nSPS) is 22.1. The van der Waals surface area contributed by atoms with Gasteiger partial charge in [0.25, 0.3) is 11.8 Å². The third-order valence-electron chi connectivity index (χ3n) is 4.94. The molecule has 13 heteroatoms. The summed E-state index contributed by atoms with van der Waals surface area (Å²) in [5.41, 5.74) is -0.0280. The highest BCUT2D eigenvalue weighted by Gasteiger charge is 2.54. The van der Waals surface area contributed by atoms with Crippen LogP contribution in [0.2, 0.25) is 0 Å². The molecule has 3 amide bonds. The molecule has 0 bridgehead atoms. The van der Waals surface area contributed by atoms with Crippen LogP contribution in [-0.4, -0.2) is 68.2 Å². The molecule has 33 heavy (non-hydrogen) atoms. The van der Waals surface area contributed by atoms with Gasteiger partial charge in [-0.1, -0.05) is 24.9 Å². The minimum Gasteiger partial charge on any atom is -0.477 e. The van der Waals surface area contributed by atoms with Crippen molar-refractivity contribution in [3.8, 4) is 0 Å². The van der Waals surface area contributed by atoms with Gasteiger partial charge in [-0.2, -0.15) is 0 Å². The minimum atomic E-state index is -1.19. The molecular formula is C20H25N5O6S2. The van der Waals surface area contributed by atoms with Crippen LogP contribution in [0, 0.1) is 0 Å². The Morgan fingerprint density at radius 2 is 2.15 bits per heavy atom. The zero-order chi connectivity index (χ0) is 24.0. The zero-order valence-corrected chi connectivity index (χ0v) is 19.8. The number of aromatic nitrogens is 1. The van der Waals surface area contributed by atoms with Gasteiger partial charge in [0.05, 0.1) is 0 Å². The van der Waals surface area contributed by atoms with Crippen molar-refractivity contribution in [2.24, 2.45) is 5.16 Å². The van der Waals surface area contributed by atoms with Crippen molar-refractivity contribution in [3.05, 3.63) is 22.8 Å². The van der Waals surface area contributed by atoms with Gasteiger partial charge in [0.15, 0.2) is 10.8 Å². The number of oxime groups is 1. The molecule has 3 atom stereocenters. The van der Waals surface area contributed by atoms with Gasteiger partial charge in [0.2, 0.25) is 6.41 Å². The Balaban J connectivity index is 1.73. The van der Waals surface area contributed by atoms with Crippen molar-refractivity contribution in [3.63, 3.8) is 0 Å². The van der Waals surface area contributed by atoms with E-state index in [1.54, 1.807) is 5.38 Å². The second-order valence-corrected chi connectivity index (χ2v) is 9.74. The summed E-state index contributed by atoms with van der Waals surface area (Å²) in [4.78, 5) is 58.5. The first kappa shape index (κ1) is 24.7. The van der Waals surface area contributed by atoms with Gasteiger partial charge in [0.1, 0.15) is 29.4 Å². The Morgan fingerprint density at radius 1 is 1.36 bits per heavy atom. The van der Waals surface area contributed by atoms with Gasteiger partial charge < -0.3 is 20.6 Å². The first-order valence-corrected chi connectivity index (χ1v) is 12.3. The number of aliphatic carboxylic acids is 1. The quantitative estimate of drug-likeness (QED) is 0.131. The molecule has 3 unspecified atom stereocenters. The SMILES string of the molecule is CCCCCCO/N=C(/C(=O)NC1C(=O)N2C(C(=O)O)=CC(C)SC12)c1csc(NC=O)n1. The number of nitrogens with zero attached hydrogens (tertiary/aromatic N) is 3. The standard InChI is InChI=1S/C20H25N5O6S2/c1-3-4-5-6-7-31-24-14(12-9-32-20(22-12)21-10-26)16(27)23-15-17(28)25-13(19(29)30)8-11(2)33-18(15)25/h8-11,15,18H,3-7H2,1-2H3,(H,23,27)(H,29,30)(H,21,22,26)/b24-14+. The summed E-state index contributed by atoms with van der Waals surface area (Å²) in [6, 6.07) is -0.908. The lowest BCUT2D eigenvalue weighted by molar-refractivity contribution is -0.150. The van der Waals surface area contributed by atoms with E-state index < -0.39 is 29.2 Å². The monoisotopic (exact) mass is 495 g/mol. The Morgan fingerprint density at radius 3 is 2.85 bits per heavy atom. The molecule has 3 rings (SSSR count). The van der Waals surface area contributed by atoms with Crippen LogP contribution in [0.5, 0.6) is 0 Å². The number of nitrogens with one attached hydrogen (secondary N) is 2. The Bertz CT molecular complexity index is 978. The second kappa shape index (κ2) is 11.3. The van der Waals surface area contributed by atoms with Crippen molar-refractivity contribution in [2.75, 3.05) is 11.9 Å². The van der Waals surface area contributed by atoms with E-state index in [4.69, 9.17) is 4.84 Å². The molecule has 0 spiro atoms. The number of β-lactam (4-membered cyclic amide) rings is 1. The topological polar surface area (TPSA) is 150 Å². The molecule has 178 valence electrons. The van der Waals surface area contributed by atoms with Gasteiger partial charge >= 0.3 is 5.97 Å². The molecule has 0 saturated carbocycles. The maximum Gasteiger partial charge on any atom is 0.352 e. The van der Waals surface area contributed by atoms with Gasteiger partial charge in [-0.05, 0) is 25.8 Å². The fourth-order valence-electron chi connectivity index (χ4n) is 3.35. The lowest BCUT2D eigenvalue weighted by Gasteiger charge is -2.49. The summed E-state index contributed by atoms with van der Waals surface area (Å²) in [7, 11) is 0. The van der Waals surface area contributed by atoms with Crippen LogP contribution in [-0.2, 0) is 24.0 Å². The molecule has 3 N–H and O–H groups in total. The first-order chi connectivity index (χ1) is 15.9. The number of carbonyl (C=O) groups is 4. The number of rotatable bonds is 12. The molecule has 1 aromatic rings. The van der Waals surface area contributed by atoms with Gasteiger partial charge in [-0.25, -0.2) is 9.78 Å². The molecule has 2 aliphatic heterocycles. The molecule has 1 aromatic heterocycles. The van der Waals surface area contributed by atoms with Crippen LogP contribution in [0.25, 0.3) is 0 Å². The molecule has 11 nitrogen and oxygen atoms in total. The molecule has 0 aromatic carbocycles. The van der Waals surface area contributed by atoms with Gasteiger partial charge in [-0.15, -0.1) is 23.1 Å². The number of fused-ring (bicyclic) bond motifs is 1. The molecular weight excluding hydrogens is 470 g/mol. The number of thioether (sulfide) groups is 1. The van der Waals surface area contributed by atoms with E-state index in [0.717, 1.165) is 37.0 Å². The van der Waals surface area contributed by atoms with Crippen LogP contribution < -0.4 is 10.6 Å². The fraction of sp³-hybridized carbons (Fsp3) is 0.500. The number of hydrogen-bond donors (Lipinski definition) is 3. The lowest BCUT2D eigenvalue weighted by Crippen LogP contribution is -2.71. The maximum absolute atomic E-state index is 13.0. The number of unbranched alkanes of at least 4 members (excludes halogenated alkanes) is 3. The second-order valence-electron chi connectivity index (χ2n) is 7.38. The van der Waals surface area contributed by atoms with E-state index in [0.29, 0.717) is 13.0 Å². The summed E-state index contributed by atoms with van der Waals surface area (Å²) in [6.45, 7) is 4.24. The van der Waals surface area contributed by atoms with Crippen LogP contribution in [0.1, 0.15) is 45.2 Å². The van der Waals surface area contributed by atoms with Crippen LogP contribution in [0.3, 0.4) is 0 Å². The number of amides is 3. The molecule has 3 heterocycles. The Labute approximate surface area is 198 Å². The van der Waals surface area contributed by atoms with E-state index in [2.05, 4.69) is 27.7 Å². The largest absolute Gasteiger partial charge is 0.477 e. The Kier molecular flexibility index (Phi) is 8.44. The smallest absolute Gasteiger partial charge is 0.352 e. The zero-order valence-electron chi connectivity index (χ0n) is 18.1. The fourth-order valence-corrected chi connectivity index (χ4v) is 5.33. The number of hydrogen-bond acceptors (Lipinski definition) is 9. The van der Waals surface area contributed by atoms with E-state index in [1.807, 2.05) is 6.92 Å². The molecule has 0 radical (unpaired) electrons. The van der Waals surface area contributed by atoms with E-state index >= 15 is 0 Å². The highest BCUT2D eigenvalue weighted by molar-refractivity contribution is 8.00. The number of thiazole rings is 1. The number of anilines is 1. The van der Waals surface area contributed by atoms with Crippen LogP contribution in [0.4, 0.5) is 5.13 Å². The van der Waals surface area contributed by atoms with E-state index in [1.165, 1.54) is 22.7 Å². The first-order valence-electron chi connectivity index (χ1n) is 10.5. The minimum absolute atomic E-state index is 0.0878. The summed E-state index contributed by atoms with van der Waals surface area (Å²) in [6.07, 6.45) is 5.87. The van der Waals surface area contributed by atoms with E-state index in [9.17, 15) is 24.3 Å². The van der Waals surface area contributed by atoms with Crippen molar-refractivity contribution in [1.29, 1.82) is 0 Å². The van der Waals surface area contributed by atoms with Gasteiger partial charge in [-0.3, -0.25) is 19.3 Å². The van der Waals surface area contributed by atoms with Crippen molar-refractivity contribution in [2.45, 2.75) is 56.2 Å².